The van der Waals surface area contributed by atoms with Crippen LogP contribution in [0.5, 0.6) is 0 Å². The molecule has 0 bridgehead atoms. The Hall–Kier alpha value is -1.47. The molecule has 0 spiro atoms. The highest BCUT2D eigenvalue weighted by molar-refractivity contribution is 5.80. The van der Waals surface area contributed by atoms with E-state index in [1.54, 1.807) is 0 Å². The number of rotatable bonds is 42. The first kappa shape index (κ1) is 52.5. The minimum absolute atomic E-state index is 0.360. The summed E-state index contributed by atoms with van der Waals surface area (Å²) >= 11 is 0. The molecule has 0 heterocycles. The molecule has 4 unspecified atom stereocenters. The van der Waals surface area contributed by atoms with E-state index < -0.39 is 36.9 Å². The highest BCUT2D eigenvalue weighted by Crippen LogP contribution is 2.16. The maximum absolute atomic E-state index is 12.5. The van der Waals surface area contributed by atoms with Crippen LogP contribution >= 0.6 is 0 Å². The van der Waals surface area contributed by atoms with Crippen molar-refractivity contribution in [2.24, 2.45) is 0 Å². The average molecular weight is 762 g/mol. The fraction of sp³-hybridized carbons (Fsp3) is 0.854. The molecule has 4 atom stereocenters. The molecular formula is C48H91NO5. The molecule has 0 aliphatic rings. The second-order valence-corrected chi connectivity index (χ2v) is 16.1. The van der Waals surface area contributed by atoms with Gasteiger partial charge in [-0.25, -0.2) is 0 Å². The van der Waals surface area contributed by atoms with Crippen LogP contribution in [0.1, 0.15) is 232 Å². The van der Waals surface area contributed by atoms with Gasteiger partial charge in [0.2, 0.25) is 5.91 Å². The van der Waals surface area contributed by atoms with Gasteiger partial charge in [0, 0.05) is 0 Å². The largest absolute Gasteiger partial charge is 0.394 e. The third-order valence-electron chi connectivity index (χ3n) is 10.9. The van der Waals surface area contributed by atoms with Crippen LogP contribution in [0.25, 0.3) is 0 Å². The number of nitrogens with one attached hydrogen (secondary N) is 1. The van der Waals surface area contributed by atoms with Gasteiger partial charge < -0.3 is 25.7 Å². The van der Waals surface area contributed by atoms with Crippen molar-refractivity contribution in [1.29, 1.82) is 0 Å². The van der Waals surface area contributed by atoms with Gasteiger partial charge in [-0.3, -0.25) is 4.79 Å². The van der Waals surface area contributed by atoms with Crippen LogP contribution in [-0.4, -0.2) is 57.3 Å². The summed E-state index contributed by atoms with van der Waals surface area (Å²) in [5, 5.41) is 43.4. The average Bonchev–Trinajstić information content (AvgIpc) is 3.18. The molecule has 0 rings (SSSR count). The van der Waals surface area contributed by atoms with Gasteiger partial charge in [0.15, 0.2) is 0 Å². The van der Waals surface area contributed by atoms with Crippen LogP contribution in [0, 0.1) is 0 Å². The molecule has 5 N–H and O–H groups in total. The van der Waals surface area contributed by atoms with Crippen molar-refractivity contribution >= 4 is 5.91 Å². The molecule has 54 heavy (non-hydrogen) atoms. The van der Waals surface area contributed by atoms with Crippen LogP contribution in [0.3, 0.4) is 0 Å². The van der Waals surface area contributed by atoms with Crippen LogP contribution in [0.4, 0.5) is 0 Å². The van der Waals surface area contributed by atoms with Crippen molar-refractivity contribution in [3.05, 3.63) is 36.5 Å². The van der Waals surface area contributed by atoms with E-state index in [9.17, 15) is 25.2 Å². The zero-order chi connectivity index (χ0) is 39.6. The Morgan fingerprint density at radius 2 is 0.852 bits per heavy atom. The molecule has 6 nitrogen and oxygen atoms in total. The van der Waals surface area contributed by atoms with Crippen molar-refractivity contribution in [2.45, 2.75) is 257 Å². The van der Waals surface area contributed by atoms with Crippen molar-refractivity contribution in [3.63, 3.8) is 0 Å². The first-order chi connectivity index (χ1) is 26.5. The van der Waals surface area contributed by atoms with Crippen LogP contribution < -0.4 is 5.32 Å². The Balaban J connectivity index is 3.56. The Morgan fingerprint density at radius 3 is 1.28 bits per heavy atom. The lowest BCUT2D eigenvalue weighted by Gasteiger charge is -2.27. The molecule has 0 aromatic carbocycles. The van der Waals surface area contributed by atoms with E-state index in [0.717, 1.165) is 38.5 Å². The Labute approximate surface area is 335 Å². The number of aliphatic hydroxyl groups excluding tert-OH is 4. The number of aliphatic hydroxyl groups is 4. The molecule has 0 aromatic rings. The number of carbonyl (C=O) groups is 1. The van der Waals surface area contributed by atoms with Gasteiger partial charge in [0.1, 0.15) is 12.2 Å². The van der Waals surface area contributed by atoms with Crippen molar-refractivity contribution < 1.29 is 25.2 Å². The molecule has 1 amide bonds. The predicted molar refractivity (Wildman–Crippen MR) is 233 cm³/mol. The van der Waals surface area contributed by atoms with Gasteiger partial charge in [-0.1, -0.05) is 197 Å². The summed E-state index contributed by atoms with van der Waals surface area (Å²) in [5.41, 5.74) is 0. The summed E-state index contributed by atoms with van der Waals surface area (Å²) in [4.78, 5) is 12.5. The minimum Gasteiger partial charge on any atom is -0.394 e. The fourth-order valence-corrected chi connectivity index (χ4v) is 7.19. The Bertz CT molecular complexity index is 858. The zero-order valence-corrected chi connectivity index (χ0v) is 35.7. The van der Waals surface area contributed by atoms with E-state index >= 15 is 0 Å². The monoisotopic (exact) mass is 762 g/mol. The minimum atomic E-state index is -1.29. The third-order valence-corrected chi connectivity index (χ3v) is 10.9. The molecule has 0 saturated heterocycles. The number of amides is 1. The Kier molecular flexibility index (Phi) is 41.5. The van der Waals surface area contributed by atoms with Crippen molar-refractivity contribution in [2.75, 3.05) is 6.61 Å². The van der Waals surface area contributed by atoms with E-state index in [-0.39, 0.29) is 0 Å². The number of unbranched alkanes of at least 4 members (excludes halogenated alkanes) is 28. The standard InChI is InChI=1S/C48H91NO5/c1-3-5-7-9-11-13-14-15-16-17-18-19-20-21-22-23-24-25-26-27-28-29-30-31-32-33-34-36-38-40-42-46(52)48(54)49-44(43-50)47(53)45(51)41-39-37-35-12-10-8-6-4-2/h4,6,12,21-22,35,44-47,50-53H,3,5,7-11,13-20,23-34,36-43H2,1-2H3,(H,49,54)/b6-4+,22-21-,35-12+. The highest BCUT2D eigenvalue weighted by atomic mass is 16.3. The molecule has 0 aliphatic carbocycles. The summed E-state index contributed by atoms with van der Waals surface area (Å²) in [5.74, 6) is -0.600. The quantitative estimate of drug-likeness (QED) is 0.0314. The lowest BCUT2D eigenvalue weighted by molar-refractivity contribution is -0.132. The zero-order valence-electron chi connectivity index (χ0n) is 35.7. The number of carbonyl (C=O) groups excluding carboxylic acids is 1. The second-order valence-electron chi connectivity index (χ2n) is 16.1. The van der Waals surface area contributed by atoms with E-state index in [4.69, 9.17) is 0 Å². The predicted octanol–water partition coefficient (Wildman–Crippen LogP) is 12.5. The smallest absolute Gasteiger partial charge is 0.249 e. The maximum Gasteiger partial charge on any atom is 0.249 e. The SMILES string of the molecule is C/C=C/CC/C=C/CCCC(O)C(O)C(CO)NC(=O)C(O)CCCCCCCCCCCCCCCC/C=C\CCCCCCCCCCCCCC. The molecule has 0 fully saturated rings. The van der Waals surface area contributed by atoms with E-state index in [1.165, 1.54) is 161 Å². The number of hydrogen-bond acceptors (Lipinski definition) is 5. The van der Waals surface area contributed by atoms with Gasteiger partial charge in [0.05, 0.1) is 18.8 Å². The van der Waals surface area contributed by atoms with Gasteiger partial charge >= 0.3 is 0 Å². The lowest BCUT2D eigenvalue weighted by Crippen LogP contribution is -2.53. The fourth-order valence-electron chi connectivity index (χ4n) is 7.19. The number of hydrogen-bond donors (Lipinski definition) is 5. The summed E-state index contributed by atoms with van der Waals surface area (Å²) in [6, 6.07) is -1.00. The third kappa shape index (κ3) is 36.2. The first-order valence-electron chi connectivity index (χ1n) is 23.3. The normalized spacial score (nSPS) is 14.4. The van der Waals surface area contributed by atoms with E-state index in [0.29, 0.717) is 19.3 Å². The summed E-state index contributed by atoms with van der Waals surface area (Å²) in [6.45, 7) is 3.79. The molecule has 0 aliphatic heterocycles. The molecule has 0 radical (unpaired) electrons. The van der Waals surface area contributed by atoms with Gasteiger partial charge in [-0.2, -0.15) is 0 Å². The molecule has 0 saturated carbocycles. The summed E-state index contributed by atoms with van der Waals surface area (Å²) < 4.78 is 0. The van der Waals surface area contributed by atoms with Crippen LogP contribution in [0.15, 0.2) is 36.5 Å². The van der Waals surface area contributed by atoms with Crippen molar-refractivity contribution in [1.82, 2.24) is 5.32 Å². The summed E-state index contributed by atoms with van der Waals surface area (Å²) in [6.07, 6.45) is 51.0. The topological polar surface area (TPSA) is 110 Å². The second kappa shape index (κ2) is 42.7. The van der Waals surface area contributed by atoms with Crippen LogP contribution in [-0.2, 0) is 4.79 Å². The summed E-state index contributed by atoms with van der Waals surface area (Å²) in [7, 11) is 0. The molecule has 318 valence electrons. The molecular weight excluding hydrogens is 671 g/mol. The van der Waals surface area contributed by atoms with Gasteiger partial charge in [-0.05, 0) is 71.1 Å². The molecule has 6 heteroatoms. The van der Waals surface area contributed by atoms with Crippen LogP contribution in [0.2, 0.25) is 0 Å². The maximum atomic E-state index is 12.5. The highest BCUT2D eigenvalue weighted by Gasteiger charge is 2.28. The van der Waals surface area contributed by atoms with E-state index in [1.807, 2.05) is 13.0 Å². The van der Waals surface area contributed by atoms with Gasteiger partial charge in [-0.15, -0.1) is 0 Å². The first-order valence-corrected chi connectivity index (χ1v) is 23.3. The Morgan fingerprint density at radius 1 is 0.481 bits per heavy atom. The lowest BCUT2D eigenvalue weighted by atomic mass is 10.00. The number of allylic oxidation sites excluding steroid dienone is 6. The molecule has 0 aromatic heterocycles. The van der Waals surface area contributed by atoms with Crippen molar-refractivity contribution in [3.8, 4) is 0 Å². The van der Waals surface area contributed by atoms with E-state index in [2.05, 4.69) is 42.6 Å². The van der Waals surface area contributed by atoms with Gasteiger partial charge in [0.25, 0.3) is 0 Å².